The molecule has 0 saturated heterocycles. The predicted molar refractivity (Wildman–Crippen MR) is 77.8 cm³/mol. The summed E-state index contributed by atoms with van der Waals surface area (Å²) < 4.78 is 5.23. The van der Waals surface area contributed by atoms with Crippen LogP contribution in [-0.4, -0.2) is 18.1 Å². The van der Waals surface area contributed by atoms with Gasteiger partial charge in [-0.15, -0.1) is 0 Å². The number of carbonyl (C=O) groups excluding carboxylic acids is 1. The Hall–Kier alpha value is -2.56. The van der Waals surface area contributed by atoms with Crippen LogP contribution in [0.1, 0.15) is 34.3 Å². The summed E-state index contributed by atoms with van der Waals surface area (Å²) in [5.74, 6) is 0.151. The van der Waals surface area contributed by atoms with Gasteiger partial charge in [0, 0.05) is 18.8 Å². The summed E-state index contributed by atoms with van der Waals surface area (Å²) in [6, 6.07) is 9.49. The van der Waals surface area contributed by atoms with Gasteiger partial charge in [-0.2, -0.15) is 0 Å². The van der Waals surface area contributed by atoms with E-state index in [1.165, 1.54) is 0 Å². The van der Waals surface area contributed by atoms with E-state index in [9.17, 15) is 4.79 Å². The normalized spacial score (nSPS) is 11.4. The minimum atomic E-state index is -0.227. The molecule has 0 saturated carbocycles. The third-order valence-corrected chi connectivity index (χ3v) is 2.97. The van der Waals surface area contributed by atoms with Crippen molar-refractivity contribution >= 4 is 17.7 Å². The summed E-state index contributed by atoms with van der Waals surface area (Å²) >= 11 is 0. The zero-order valence-electron chi connectivity index (χ0n) is 11.5. The van der Waals surface area contributed by atoms with Crippen LogP contribution < -0.4 is 11.1 Å². The standard InChI is InChI=1S/C15H17N3O2/c1-3-12-14(15(19)17-2)13(20-18-12)9-11(16)10-7-5-4-6-8-10/h4-9H,3,16H2,1-2H3,(H,17,19). The average Bonchev–Trinajstić information content (AvgIpc) is 2.90. The van der Waals surface area contributed by atoms with Crippen LogP contribution in [0, 0.1) is 0 Å². The van der Waals surface area contributed by atoms with Crippen molar-refractivity contribution in [3.8, 4) is 0 Å². The molecule has 0 unspecified atom stereocenters. The van der Waals surface area contributed by atoms with E-state index < -0.39 is 0 Å². The Bertz CT molecular complexity index is 630. The highest BCUT2D eigenvalue weighted by Gasteiger charge is 2.19. The zero-order valence-corrected chi connectivity index (χ0v) is 11.5. The Morgan fingerprint density at radius 1 is 1.40 bits per heavy atom. The van der Waals surface area contributed by atoms with Crippen molar-refractivity contribution < 1.29 is 9.32 Å². The highest BCUT2D eigenvalue weighted by Crippen LogP contribution is 2.20. The maximum Gasteiger partial charge on any atom is 0.256 e. The van der Waals surface area contributed by atoms with Crippen LogP contribution in [0.25, 0.3) is 11.8 Å². The molecule has 20 heavy (non-hydrogen) atoms. The number of hydrogen-bond acceptors (Lipinski definition) is 4. The molecule has 3 N–H and O–H groups in total. The lowest BCUT2D eigenvalue weighted by molar-refractivity contribution is 0.0961. The van der Waals surface area contributed by atoms with Crippen LogP contribution in [0.3, 0.4) is 0 Å². The Balaban J connectivity index is 2.43. The van der Waals surface area contributed by atoms with Gasteiger partial charge in [-0.3, -0.25) is 4.79 Å². The summed E-state index contributed by atoms with van der Waals surface area (Å²) in [5.41, 5.74) is 8.48. The molecule has 0 fully saturated rings. The van der Waals surface area contributed by atoms with Crippen LogP contribution in [0.15, 0.2) is 34.9 Å². The lowest BCUT2D eigenvalue weighted by Gasteiger charge is -2.02. The molecule has 0 atom stereocenters. The van der Waals surface area contributed by atoms with Gasteiger partial charge in [0.05, 0.1) is 5.69 Å². The van der Waals surface area contributed by atoms with Crippen molar-refractivity contribution in [3.05, 3.63) is 52.9 Å². The summed E-state index contributed by atoms with van der Waals surface area (Å²) in [6.45, 7) is 1.92. The molecule has 0 aliphatic carbocycles. The van der Waals surface area contributed by atoms with Crippen LogP contribution in [-0.2, 0) is 6.42 Å². The van der Waals surface area contributed by atoms with E-state index in [1.807, 2.05) is 37.3 Å². The van der Waals surface area contributed by atoms with Crippen molar-refractivity contribution in [2.24, 2.45) is 5.73 Å². The molecule has 0 bridgehead atoms. The molecule has 5 nitrogen and oxygen atoms in total. The van der Waals surface area contributed by atoms with Gasteiger partial charge in [-0.25, -0.2) is 0 Å². The van der Waals surface area contributed by atoms with Crippen molar-refractivity contribution in [3.63, 3.8) is 0 Å². The number of carbonyl (C=O) groups is 1. The van der Waals surface area contributed by atoms with E-state index in [2.05, 4.69) is 10.5 Å². The number of aryl methyl sites for hydroxylation is 1. The Morgan fingerprint density at radius 2 is 2.10 bits per heavy atom. The maximum atomic E-state index is 11.9. The van der Waals surface area contributed by atoms with Crippen molar-refractivity contribution in [1.82, 2.24) is 10.5 Å². The second kappa shape index (κ2) is 6.06. The smallest absolute Gasteiger partial charge is 0.256 e. The van der Waals surface area contributed by atoms with Crippen molar-refractivity contribution in [2.45, 2.75) is 13.3 Å². The van der Waals surface area contributed by atoms with E-state index in [0.29, 0.717) is 29.1 Å². The third-order valence-electron chi connectivity index (χ3n) is 2.97. The molecule has 1 heterocycles. The first-order valence-corrected chi connectivity index (χ1v) is 6.40. The number of nitrogens with two attached hydrogens (primary N) is 1. The van der Waals surface area contributed by atoms with Gasteiger partial charge in [0.15, 0.2) is 5.76 Å². The highest BCUT2D eigenvalue weighted by molar-refractivity contribution is 5.99. The molecule has 0 spiro atoms. The van der Waals surface area contributed by atoms with Crippen LogP contribution >= 0.6 is 0 Å². The van der Waals surface area contributed by atoms with Gasteiger partial charge in [-0.05, 0) is 12.0 Å². The quantitative estimate of drug-likeness (QED) is 0.891. The second-order valence-corrected chi connectivity index (χ2v) is 4.27. The molecule has 0 aliphatic rings. The Labute approximate surface area is 117 Å². The largest absolute Gasteiger partial charge is 0.398 e. The molecule has 5 heteroatoms. The number of nitrogens with one attached hydrogen (secondary N) is 1. The number of rotatable bonds is 4. The maximum absolute atomic E-state index is 11.9. The van der Waals surface area contributed by atoms with E-state index in [4.69, 9.17) is 10.3 Å². The highest BCUT2D eigenvalue weighted by atomic mass is 16.5. The minimum Gasteiger partial charge on any atom is -0.398 e. The molecule has 104 valence electrons. The predicted octanol–water partition coefficient (Wildman–Crippen LogP) is 2.05. The first kappa shape index (κ1) is 13.9. The number of nitrogens with zero attached hydrogens (tertiary/aromatic N) is 1. The van der Waals surface area contributed by atoms with E-state index in [1.54, 1.807) is 13.1 Å². The molecule has 1 amide bonds. The monoisotopic (exact) mass is 271 g/mol. The number of hydrogen-bond donors (Lipinski definition) is 2. The van der Waals surface area contributed by atoms with Gasteiger partial charge in [0.25, 0.3) is 5.91 Å². The molecular formula is C15H17N3O2. The lowest BCUT2D eigenvalue weighted by atomic mass is 10.1. The van der Waals surface area contributed by atoms with Crippen LogP contribution in [0.5, 0.6) is 0 Å². The SMILES string of the molecule is CCc1noc(C=C(N)c2ccccc2)c1C(=O)NC. The lowest BCUT2D eigenvalue weighted by Crippen LogP contribution is -2.19. The summed E-state index contributed by atoms with van der Waals surface area (Å²) in [4.78, 5) is 11.9. The van der Waals surface area contributed by atoms with E-state index in [0.717, 1.165) is 5.56 Å². The van der Waals surface area contributed by atoms with Crippen molar-refractivity contribution in [1.29, 1.82) is 0 Å². The third kappa shape index (κ3) is 2.71. The van der Waals surface area contributed by atoms with Gasteiger partial charge in [0.2, 0.25) is 0 Å². The van der Waals surface area contributed by atoms with Crippen molar-refractivity contribution in [2.75, 3.05) is 7.05 Å². The molecular weight excluding hydrogens is 254 g/mol. The first-order chi connectivity index (χ1) is 9.67. The number of aromatic nitrogens is 1. The number of amides is 1. The molecule has 1 aromatic carbocycles. The average molecular weight is 271 g/mol. The van der Waals surface area contributed by atoms with E-state index >= 15 is 0 Å². The van der Waals surface area contributed by atoms with Gasteiger partial charge < -0.3 is 15.6 Å². The fraction of sp³-hybridized carbons (Fsp3) is 0.200. The minimum absolute atomic E-state index is 0.227. The second-order valence-electron chi connectivity index (χ2n) is 4.27. The topological polar surface area (TPSA) is 81.2 Å². The Morgan fingerprint density at radius 3 is 2.70 bits per heavy atom. The molecule has 2 aromatic rings. The molecule has 0 radical (unpaired) electrons. The Kier molecular flexibility index (Phi) is 4.20. The summed E-state index contributed by atoms with van der Waals surface area (Å²) in [6.07, 6.45) is 2.25. The van der Waals surface area contributed by atoms with Gasteiger partial charge in [-0.1, -0.05) is 42.4 Å². The summed E-state index contributed by atoms with van der Waals surface area (Å²) in [5, 5.41) is 6.50. The first-order valence-electron chi connectivity index (χ1n) is 6.40. The fourth-order valence-corrected chi connectivity index (χ4v) is 1.90. The van der Waals surface area contributed by atoms with Crippen LogP contribution in [0.4, 0.5) is 0 Å². The zero-order chi connectivity index (χ0) is 14.5. The molecule has 2 rings (SSSR count). The van der Waals surface area contributed by atoms with Crippen LogP contribution in [0.2, 0.25) is 0 Å². The molecule has 1 aromatic heterocycles. The van der Waals surface area contributed by atoms with Gasteiger partial charge in [0.1, 0.15) is 5.56 Å². The number of benzene rings is 1. The fourth-order valence-electron chi connectivity index (χ4n) is 1.90. The summed E-state index contributed by atoms with van der Waals surface area (Å²) in [7, 11) is 1.57. The van der Waals surface area contributed by atoms with E-state index in [-0.39, 0.29) is 5.91 Å². The molecule has 0 aliphatic heterocycles. The van der Waals surface area contributed by atoms with Gasteiger partial charge >= 0.3 is 0 Å².